The van der Waals surface area contributed by atoms with Gasteiger partial charge in [-0.25, -0.2) is 14.4 Å². The largest absolute Gasteiger partial charge is 0.355 e. The number of rotatable bonds is 9. The highest BCUT2D eigenvalue weighted by Gasteiger charge is 2.15. The number of benzene rings is 2. The first kappa shape index (κ1) is 21.7. The Bertz CT molecular complexity index is 1180. The van der Waals surface area contributed by atoms with Gasteiger partial charge in [0.25, 0.3) is 0 Å². The van der Waals surface area contributed by atoms with Crippen LogP contribution >= 0.6 is 23.1 Å². The first-order valence-electron chi connectivity index (χ1n) is 10.1. The van der Waals surface area contributed by atoms with Crippen LogP contribution in [0.4, 0.5) is 4.39 Å². The Kier molecular flexibility index (Phi) is 7.11. The normalized spacial score (nSPS) is 11.5. The lowest BCUT2D eigenvalue weighted by Gasteiger charge is -2.16. The molecule has 8 heteroatoms. The number of nitrogens with one attached hydrogen (secondary N) is 1. The average Bonchev–Trinajstić information content (AvgIpc) is 3.16. The molecule has 4 aromatic rings. The number of nitrogens with zero attached hydrogens (tertiary/aromatic N) is 3. The molecule has 2 heterocycles. The van der Waals surface area contributed by atoms with Gasteiger partial charge in [-0.1, -0.05) is 48.2 Å². The lowest BCUT2D eigenvalue weighted by molar-refractivity contribution is -0.118. The molecule has 2 aromatic carbocycles. The van der Waals surface area contributed by atoms with Crippen molar-refractivity contribution < 1.29 is 9.18 Å². The van der Waals surface area contributed by atoms with Gasteiger partial charge in [0.05, 0.1) is 21.4 Å². The molecule has 0 unspecified atom stereocenters. The fourth-order valence-electron chi connectivity index (χ4n) is 3.40. The number of amides is 1. The maximum atomic E-state index is 14.2. The summed E-state index contributed by atoms with van der Waals surface area (Å²) in [5.74, 6) is -0.0500. The number of carbonyl (C=O) groups excluding carboxylic acids is 1. The molecule has 0 aliphatic heterocycles. The summed E-state index contributed by atoms with van der Waals surface area (Å²) in [7, 11) is 2.08. The van der Waals surface area contributed by atoms with E-state index in [4.69, 9.17) is 0 Å². The van der Waals surface area contributed by atoms with E-state index in [9.17, 15) is 9.18 Å². The number of carbonyl (C=O) groups is 1. The standard InChI is InChI=1S/C23H23FN4OS2/c1-28(13-16-7-3-2-4-8-16)12-6-11-25-19(29)14-30-23-22-21(26-15-27-23)20-17(24)9-5-10-18(20)31-22/h2-5,7-10,15H,6,11-14H2,1H3,(H,25,29). The van der Waals surface area contributed by atoms with E-state index < -0.39 is 0 Å². The van der Waals surface area contributed by atoms with Crippen molar-refractivity contribution in [3.8, 4) is 0 Å². The van der Waals surface area contributed by atoms with E-state index >= 15 is 0 Å². The molecule has 0 saturated carbocycles. The van der Waals surface area contributed by atoms with Gasteiger partial charge in [-0.3, -0.25) is 4.79 Å². The Morgan fingerprint density at radius 3 is 2.84 bits per heavy atom. The topological polar surface area (TPSA) is 58.1 Å². The molecular weight excluding hydrogens is 431 g/mol. The SMILES string of the molecule is CN(CCCNC(=O)CSc1ncnc2c1sc1cccc(F)c12)Cc1ccccc1. The first-order chi connectivity index (χ1) is 15.1. The van der Waals surface area contributed by atoms with Crippen LogP contribution in [0.25, 0.3) is 20.3 Å². The van der Waals surface area contributed by atoms with Gasteiger partial charge in [0.15, 0.2) is 0 Å². The number of thiophene rings is 1. The van der Waals surface area contributed by atoms with Crippen molar-refractivity contribution in [2.24, 2.45) is 0 Å². The van der Waals surface area contributed by atoms with Crippen LogP contribution in [0.2, 0.25) is 0 Å². The molecule has 0 bridgehead atoms. The van der Waals surface area contributed by atoms with Gasteiger partial charge < -0.3 is 10.2 Å². The highest BCUT2D eigenvalue weighted by molar-refractivity contribution is 8.00. The summed E-state index contributed by atoms with van der Waals surface area (Å²) in [5, 5.41) is 4.20. The molecule has 5 nitrogen and oxygen atoms in total. The van der Waals surface area contributed by atoms with E-state index in [1.54, 1.807) is 6.07 Å². The summed E-state index contributed by atoms with van der Waals surface area (Å²) in [6.07, 6.45) is 2.32. The van der Waals surface area contributed by atoms with Crippen LogP contribution < -0.4 is 5.32 Å². The maximum absolute atomic E-state index is 14.2. The minimum Gasteiger partial charge on any atom is -0.355 e. The predicted molar refractivity (Wildman–Crippen MR) is 126 cm³/mol. The van der Waals surface area contributed by atoms with E-state index in [1.807, 2.05) is 24.3 Å². The zero-order chi connectivity index (χ0) is 21.6. The average molecular weight is 455 g/mol. The summed E-state index contributed by atoms with van der Waals surface area (Å²) < 4.78 is 15.9. The van der Waals surface area contributed by atoms with Gasteiger partial charge >= 0.3 is 0 Å². The van der Waals surface area contributed by atoms with Crippen LogP contribution in [0.5, 0.6) is 0 Å². The van der Waals surface area contributed by atoms with Crippen molar-refractivity contribution >= 4 is 49.3 Å². The monoisotopic (exact) mass is 454 g/mol. The number of hydrogen-bond acceptors (Lipinski definition) is 6. The Balaban J connectivity index is 1.26. The highest BCUT2D eigenvalue weighted by atomic mass is 32.2. The molecule has 31 heavy (non-hydrogen) atoms. The zero-order valence-corrected chi connectivity index (χ0v) is 18.8. The predicted octanol–water partition coefficient (Wildman–Crippen LogP) is 4.71. The Morgan fingerprint density at radius 1 is 1.16 bits per heavy atom. The van der Waals surface area contributed by atoms with Crippen LogP contribution in [-0.4, -0.2) is 46.7 Å². The van der Waals surface area contributed by atoms with Crippen molar-refractivity contribution in [2.45, 2.75) is 18.0 Å². The van der Waals surface area contributed by atoms with Gasteiger partial charge in [-0.2, -0.15) is 0 Å². The van der Waals surface area contributed by atoms with E-state index in [0.29, 0.717) is 22.5 Å². The van der Waals surface area contributed by atoms with Crippen molar-refractivity contribution in [3.63, 3.8) is 0 Å². The van der Waals surface area contributed by atoms with Crippen molar-refractivity contribution in [1.82, 2.24) is 20.2 Å². The minimum atomic E-state index is -0.284. The molecule has 0 aliphatic carbocycles. The summed E-state index contributed by atoms with van der Waals surface area (Å²) in [5.41, 5.74) is 1.89. The second kappa shape index (κ2) is 10.2. The quantitative estimate of drug-likeness (QED) is 0.225. The Morgan fingerprint density at radius 2 is 2.00 bits per heavy atom. The molecule has 160 valence electrons. The lowest BCUT2D eigenvalue weighted by Crippen LogP contribution is -2.29. The minimum absolute atomic E-state index is 0.0326. The van der Waals surface area contributed by atoms with Gasteiger partial charge in [0, 0.05) is 17.8 Å². The number of aromatic nitrogens is 2. The van der Waals surface area contributed by atoms with E-state index in [2.05, 4.69) is 39.4 Å². The Hall–Kier alpha value is -2.55. The first-order valence-corrected chi connectivity index (χ1v) is 11.9. The molecule has 2 aromatic heterocycles. The maximum Gasteiger partial charge on any atom is 0.230 e. The number of fused-ring (bicyclic) bond motifs is 3. The number of thioether (sulfide) groups is 1. The summed E-state index contributed by atoms with van der Waals surface area (Å²) in [4.78, 5) is 23.1. The van der Waals surface area contributed by atoms with Gasteiger partial charge in [0.1, 0.15) is 17.2 Å². The second-order valence-electron chi connectivity index (χ2n) is 7.29. The number of hydrogen-bond donors (Lipinski definition) is 1. The van der Waals surface area contributed by atoms with Crippen LogP contribution in [-0.2, 0) is 11.3 Å². The third-order valence-corrected chi connectivity index (χ3v) is 7.14. The molecule has 1 amide bonds. The van der Waals surface area contributed by atoms with Gasteiger partial charge in [0.2, 0.25) is 5.91 Å². The number of halogens is 1. The van der Waals surface area contributed by atoms with Crippen LogP contribution in [0, 0.1) is 5.82 Å². The molecule has 0 atom stereocenters. The molecule has 0 aliphatic rings. The fourth-order valence-corrected chi connectivity index (χ4v) is 5.47. The zero-order valence-electron chi connectivity index (χ0n) is 17.2. The lowest BCUT2D eigenvalue weighted by atomic mass is 10.2. The molecule has 0 spiro atoms. The summed E-state index contributed by atoms with van der Waals surface area (Å²) in [6, 6.07) is 15.3. The fraction of sp³-hybridized carbons (Fsp3) is 0.261. The molecular formula is C23H23FN4OS2. The smallest absolute Gasteiger partial charge is 0.230 e. The molecule has 1 N–H and O–H groups in total. The van der Waals surface area contributed by atoms with Crippen molar-refractivity contribution in [1.29, 1.82) is 0 Å². The molecule has 0 fully saturated rings. The van der Waals surface area contributed by atoms with Crippen LogP contribution in [0.15, 0.2) is 59.9 Å². The molecule has 0 saturated heterocycles. The molecule has 4 rings (SSSR count). The van der Waals surface area contributed by atoms with Crippen molar-refractivity contribution in [3.05, 3.63) is 66.2 Å². The highest BCUT2D eigenvalue weighted by Crippen LogP contribution is 2.38. The third-order valence-electron chi connectivity index (χ3n) is 4.87. The van der Waals surface area contributed by atoms with E-state index in [0.717, 1.165) is 28.9 Å². The van der Waals surface area contributed by atoms with Gasteiger partial charge in [-0.15, -0.1) is 11.3 Å². The van der Waals surface area contributed by atoms with Crippen LogP contribution in [0.1, 0.15) is 12.0 Å². The Labute approximate surface area is 188 Å². The van der Waals surface area contributed by atoms with Crippen LogP contribution in [0.3, 0.4) is 0 Å². The molecule has 0 radical (unpaired) electrons. The van der Waals surface area contributed by atoms with E-state index in [1.165, 1.54) is 41.1 Å². The third kappa shape index (κ3) is 5.39. The summed E-state index contributed by atoms with van der Waals surface area (Å²) in [6.45, 7) is 2.43. The van der Waals surface area contributed by atoms with Crippen molar-refractivity contribution in [2.75, 3.05) is 25.9 Å². The van der Waals surface area contributed by atoms with E-state index in [-0.39, 0.29) is 17.5 Å². The summed E-state index contributed by atoms with van der Waals surface area (Å²) >= 11 is 2.82. The second-order valence-corrected chi connectivity index (χ2v) is 9.30. The van der Waals surface area contributed by atoms with Gasteiger partial charge in [-0.05, 0) is 37.7 Å².